The van der Waals surface area contributed by atoms with E-state index < -0.39 is 17.9 Å². The molecule has 2 heterocycles. The number of carboxylic acid groups (broad SMARTS) is 1. The number of carbonyl (C=O) groups is 2. The van der Waals surface area contributed by atoms with Gasteiger partial charge in [-0.15, -0.1) is 0 Å². The van der Waals surface area contributed by atoms with Gasteiger partial charge in [-0.05, 0) is 36.4 Å². The average Bonchev–Trinajstić information content (AvgIpc) is 3.04. The summed E-state index contributed by atoms with van der Waals surface area (Å²) in [5, 5.41) is 9.17. The molecule has 0 radical (unpaired) electrons. The van der Waals surface area contributed by atoms with E-state index in [2.05, 4.69) is 0 Å². The first kappa shape index (κ1) is 15.2. The number of rotatable bonds is 3. The van der Waals surface area contributed by atoms with E-state index in [1.807, 2.05) is 0 Å². The van der Waals surface area contributed by atoms with E-state index in [-0.39, 0.29) is 31.3 Å². The summed E-state index contributed by atoms with van der Waals surface area (Å²) in [6.07, 6.45) is 0. The van der Waals surface area contributed by atoms with Crippen molar-refractivity contribution in [3.63, 3.8) is 0 Å². The van der Waals surface area contributed by atoms with Gasteiger partial charge in [-0.2, -0.15) is 0 Å². The Morgan fingerprint density at radius 2 is 1.91 bits per heavy atom. The van der Waals surface area contributed by atoms with Crippen LogP contribution in [0.5, 0.6) is 0 Å². The summed E-state index contributed by atoms with van der Waals surface area (Å²) in [5.74, 6) is -1.54. The van der Waals surface area contributed by atoms with Gasteiger partial charge in [0.25, 0.3) is 5.91 Å². The molecule has 1 unspecified atom stereocenters. The molecule has 1 aromatic carbocycles. The highest BCUT2D eigenvalue weighted by Gasteiger charge is 2.34. The maximum absolute atomic E-state index is 12.9. The molecule has 1 aliphatic heterocycles. The lowest BCUT2D eigenvalue weighted by molar-refractivity contribution is -0.147. The minimum absolute atomic E-state index is 0.0393. The van der Waals surface area contributed by atoms with Crippen molar-refractivity contribution in [3.8, 4) is 11.3 Å². The van der Waals surface area contributed by atoms with Crippen molar-refractivity contribution in [1.29, 1.82) is 0 Å². The molecule has 1 amide bonds. The molecule has 1 fully saturated rings. The van der Waals surface area contributed by atoms with E-state index >= 15 is 0 Å². The van der Waals surface area contributed by atoms with E-state index in [0.717, 1.165) is 0 Å². The number of nitrogens with zero attached hydrogens (tertiary/aromatic N) is 1. The number of hydrogen-bond acceptors (Lipinski definition) is 4. The summed E-state index contributed by atoms with van der Waals surface area (Å²) in [6, 6.07) is 7.71. The SMILES string of the molecule is O=C(O)C1COCCN1C(=O)c1ccc(-c2ccc(F)cc2)o1. The van der Waals surface area contributed by atoms with Crippen LogP contribution in [0.3, 0.4) is 0 Å². The third-order valence-corrected chi connectivity index (χ3v) is 3.62. The fourth-order valence-electron chi connectivity index (χ4n) is 2.42. The Balaban J connectivity index is 1.83. The van der Waals surface area contributed by atoms with Crippen LogP contribution in [0.25, 0.3) is 11.3 Å². The van der Waals surface area contributed by atoms with Crippen LogP contribution in [0, 0.1) is 5.82 Å². The van der Waals surface area contributed by atoms with Crippen LogP contribution < -0.4 is 0 Å². The van der Waals surface area contributed by atoms with Crippen LogP contribution in [0.4, 0.5) is 4.39 Å². The average molecular weight is 319 g/mol. The maximum atomic E-state index is 12.9. The number of benzene rings is 1. The normalized spacial score (nSPS) is 18.0. The fraction of sp³-hybridized carbons (Fsp3) is 0.250. The van der Waals surface area contributed by atoms with Crippen molar-refractivity contribution in [2.24, 2.45) is 0 Å². The molecule has 0 aliphatic carbocycles. The summed E-state index contributed by atoms with van der Waals surface area (Å²) < 4.78 is 23.5. The summed E-state index contributed by atoms with van der Waals surface area (Å²) >= 11 is 0. The zero-order valence-electron chi connectivity index (χ0n) is 12.1. The zero-order chi connectivity index (χ0) is 16.4. The largest absolute Gasteiger partial charge is 0.480 e. The van der Waals surface area contributed by atoms with Gasteiger partial charge in [-0.1, -0.05) is 0 Å². The van der Waals surface area contributed by atoms with Gasteiger partial charge in [0, 0.05) is 12.1 Å². The lowest BCUT2D eigenvalue weighted by Gasteiger charge is -2.32. The van der Waals surface area contributed by atoms with Crippen LogP contribution in [-0.4, -0.2) is 47.7 Å². The quantitative estimate of drug-likeness (QED) is 0.936. The molecule has 23 heavy (non-hydrogen) atoms. The van der Waals surface area contributed by atoms with Crippen LogP contribution in [0.2, 0.25) is 0 Å². The number of halogens is 1. The van der Waals surface area contributed by atoms with Gasteiger partial charge in [0.15, 0.2) is 11.8 Å². The van der Waals surface area contributed by atoms with Crippen molar-refractivity contribution < 1.29 is 28.2 Å². The van der Waals surface area contributed by atoms with E-state index in [1.165, 1.54) is 35.2 Å². The van der Waals surface area contributed by atoms with Gasteiger partial charge in [-0.3, -0.25) is 4.79 Å². The number of ether oxygens (including phenoxy) is 1. The minimum atomic E-state index is -1.12. The maximum Gasteiger partial charge on any atom is 0.328 e. The third kappa shape index (κ3) is 3.09. The van der Waals surface area contributed by atoms with Crippen LogP contribution in [0.15, 0.2) is 40.8 Å². The van der Waals surface area contributed by atoms with E-state index in [9.17, 15) is 19.1 Å². The van der Waals surface area contributed by atoms with Crippen LogP contribution in [0.1, 0.15) is 10.6 Å². The van der Waals surface area contributed by atoms with Gasteiger partial charge in [-0.25, -0.2) is 9.18 Å². The van der Waals surface area contributed by atoms with Gasteiger partial charge in [0.2, 0.25) is 0 Å². The molecule has 6 nitrogen and oxygen atoms in total. The highest BCUT2D eigenvalue weighted by molar-refractivity contribution is 5.95. The standard InChI is InChI=1S/C16H14FNO5/c17-11-3-1-10(2-4-11)13-5-6-14(23-13)15(19)18-7-8-22-9-12(18)16(20)21/h1-6,12H,7-9H2,(H,20,21). The van der Waals surface area contributed by atoms with E-state index in [0.29, 0.717) is 11.3 Å². The molecule has 1 N–H and O–H groups in total. The Morgan fingerprint density at radius 3 is 2.61 bits per heavy atom. The summed E-state index contributed by atoms with van der Waals surface area (Å²) in [5.41, 5.74) is 0.627. The van der Waals surface area contributed by atoms with Gasteiger partial charge in [0.05, 0.1) is 13.2 Å². The number of amides is 1. The van der Waals surface area contributed by atoms with Crippen molar-refractivity contribution >= 4 is 11.9 Å². The molecule has 0 saturated carbocycles. The molecule has 1 aliphatic rings. The Labute approximate surface area is 131 Å². The van der Waals surface area contributed by atoms with E-state index in [4.69, 9.17) is 9.15 Å². The number of carbonyl (C=O) groups excluding carboxylic acids is 1. The van der Waals surface area contributed by atoms with Gasteiger partial charge < -0.3 is 19.2 Å². The Morgan fingerprint density at radius 1 is 1.17 bits per heavy atom. The second-order valence-electron chi connectivity index (χ2n) is 5.10. The van der Waals surface area contributed by atoms with Gasteiger partial charge in [0.1, 0.15) is 11.6 Å². The molecule has 2 aromatic rings. The predicted octanol–water partition coefficient (Wildman–Crippen LogP) is 2.01. The first-order chi connectivity index (χ1) is 11.1. The topological polar surface area (TPSA) is 80.0 Å². The lowest BCUT2D eigenvalue weighted by atomic mass is 10.2. The zero-order valence-corrected chi connectivity index (χ0v) is 12.1. The fourth-order valence-corrected chi connectivity index (χ4v) is 2.42. The smallest absolute Gasteiger partial charge is 0.328 e. The molecule has 7 heteroatoms. The highest BCUT2D eigenvalue weighted by atomic mass is 19.1. The Kier molecular flexibility index (Phi) is 4.12. The number of carboxylic acids is 1. The monoisotopic (exact) mass is 319 g/mol. The molecule has 120 valence electrons. The number of hydrogen-bond donors (Lipinski definition) is 1. The summed E-state index contributed by atoms with van der Waals surface area (Å²) in [6.45, 7) is 0.413. The highest BCUT2D eigenvalue weighted by Crippen LogP contribution is 2.24. The lowest BCUT2D eigenvalue weighted by Crippen LogP contribution is -2.52. The number of morpholine rings is 1. The molecule has 0 bridgehead atoms. The first-order valence-corrected chi connectivity index (χ1v) is 7.03. The van der Waals surface area contributed by atoms with Crippen molar-refractivity contribution in [3.05, 3.63) is 48.0 Å². The van der Waals surface area contributed by atoms with E-state index in [1.54, 1.807) is 6.07 Å². The third-order valence-electron chi connectivity index (χ3n) is 3.62. The number of aliphatic carboxylic acids is 1. The Bertz CT molecular complexity index is 724. The van der Waals surface area contributed by atoms with Crippen molar-refractivity contribution in [1.82, 2.24) is 4.90 Å². The summed E-state index contributed by atoms with van der Waals surface area (Å²) in [7, 11) is 0. The molecular weight excluding hydrogens is 305 g/mol. The molecule has 1 atom stereocenters. The molecule has 1 saturated heterocycles. The molecule has 1 aromatic heterocycles. The minimum Gasteiger partial charge on any atom is -0.480 e. The second kappa shape index (κ2) is 6.21. The first-order valence-electron chi connectivity index (χ1n) is 7.03. The van der Waals surface area contributed by atoms with Gasteiger partial charge >= 0.3 is 5.97 Å². The predicted molar refractivity (Wildman–Crippen MR) is 77.4 cm³/mol. The van der Waals surface area contributed by atoms with Crippen molar-refractivity contribution in [2.45, 2.75) is 6.04 Å². The Hall–Kier alpha value is -2.67. The van der Waals surface area contributed by atoms with Crippen LogP contribution in [-0.2, 0) is 9.53 Å². The second-order valence-corrected chi connectivity index (χ2v) is 5.10. The molecule has 0 spiro atoms. The van der Waals surface area contributed by atoms with Crippen molar-refractivity contribution in [2.75, 3.05) is 19.8 Å². The summed E-state index contributed by atoms with van der Waals surface area (Å²) in [4.78, 5) is 24.9. The molecular formula is C16H14FNO5. The molecule has 3 rings (SSSR count). The number of furan rings is 1. The van der Waals surface area contributed by atoms with Crippen LogP contribution >= 0.6 is 0 Å².